The lowest BCUT2D eigenvalue weighted by molar-refractivity contribution is -0.0893. The highest BCUT2D eigenvalue weighted by Crippen LogP contribution is 2.24. The summed E-state index contributed by atoms with van der Waals surface area (Å²) in [7, 11) is 1.50. The third-order valence-corrected chi connectivity index (χ3v) is 3.62. The minimum Gasteiger partial charge on any atom is -0.427 e. The van der Waals surface area contributed by atoms with Crippen LogP contribution in [-0.4, -0.2) is 28.8 Å². The van der Waals surface area contributed by atoms with Gasteiger partial charge in [0.1, 0.15) is 5.82 Å². The number of nitrogens with one attached hydrogen (secondary N) is 1. The third kappa shape index (κ3) is 2.82. The van der Waals surface area contributed by atoms with Crippen LogP contribution in [0.5, 0.6) is 0 Å². The Bertz CT molecular complexity index is 587. The molecule has 1 radical (unpaired) electrons. The Balaban J connectivity index is 2.25. The van der Waals surface area contributed by atoms with Gasteiger partial charge in [0.2, 0.25) is 0 Å². The molecule has 0 spiro atoms. The molecule has 0 saturated carbocycles. The Morgan fingerprint density at radius 3 is 2.58 bits per heavy atom. The van der Waals surface area contributed by atoms with Crippen LogP contribution >= 0.6 is 0 Å². The van der Waals surface area contributed by atoms with Crippen molar-refractivity contribution < 1.29 is 14.2 Å². The average Bonchev–Trinajstić information content (AvgIpc) is 2.72. The van der Waals surface area contributed by atoms with Crippen molar-refractivity contribution in [2.24, 2.45) is 0 Å². The minimum absolute atomic E-state index is 0.328. The van der Waals surface area contributed by atoms with Crippen LogP contribution in [0, 0.1) is 5.82 Å². The molecule has 0 bridgehead atoms. The molecule has 0 amide bonds. The molecule has 0 fully saturated rings. The van der Waals surface area contributed by atoms with Crippen molar-refractivity contribution in [2.45, 2.75) is 38.9 Å². The largest absolute Gasteiger partial charge is 0.427 e. The zero-order valence-corrected chi connectivity index (χ0v) is 11.6. The molecule has 0 atom stereocenters. The van der Waals surface area contributed by atoms with Crippen molar-refractivity contribution in [3.63, 3.8) is 0 Å². The van der Waals surface area contributed by atoms with Gasteiger partial charge in [-0.25, -0.2) is 4.39 Å². The third-order valence-electron chi connectivity index (χ3n) is 3.62. The van der Waals surface area contributed by atoms with E-state index >= 15 is 0 Å². The van der Waals surface area contributed by atoms with Crippen LogP contribution in [0.25, 0.3) is 10.9 Å². The number of aromatic amines is 1. The van der Waals surface area contributed by atoms with E-state index in [2.05, 4.69) is 4.98 Å². The van der Waals surface area contributed by atoms with Crippen molar-refractivity contribution in [1.29, 1.82) is 0 Å². The van der Waals surface area contributed by atoms with Gasteiger partial charge in [0.25, 0.3) is 0 Å². The van der Waals surface area contributed by atoms with E-state index in [9.17, 15) is 9.50 Å². The number of aliphatic hydroxyl groups is 1. The summed E-state index contributed by atoms with van der Waals surface area (Å²) in [5, 5.41) is 10.9. The predicted octanol–water partition coefficient (Wildman–Crippen LogP) is 2.12. The van der Waals surface area contributed by atoms with Crippen LogP contribution in [0.2, 0.25) is 0 Å². The van der Waals surface area contributed by atoms with E-state index < -0.39 is 11.2 Å². The van der Waals surface area contributed by atoms with Crippen LogP contribution in [0.4, 0.5) is 4.39 Å². The lowest BCUT2D eigenvalue weighted by atomic mass is 9.81. The first kappa shape index (κ1) is 14.1. The smallest absolute Gasteiger partial charge is 0.331 e. The Kier molecular flexibility index (Phi) is 3.45. The summed E-state index contributed by atoms with van der Waals surface area (Å²) in [5.41, 5.74) is -0.416. The van der Waals surface area contributed by atoms with Crippen molar-refractivity contribution in [3.05, 3.63) is 30.2 Å². The standard InChI is InChI=1S/C14H18BFNO2/c1-13(2,18)14(3,4)19-15-11-7-9(16)8-12-10(11)5-6-17-12/h5-8,17-18H,1-4H3. The molecule has 0 saturated heterocycles. The van der Waals surface area contributed by atoms with E-state index in [1.165, 1.54) is 19.6 Å². The normalized spacial score (nSPS) is 12.9. The second kappa shape index (κ2) is 4.65. The summed E-state index contributed by atoms with van der Waals surface area (Å²) < 4.78 is 19.1. The van der Waals surface area contributed by atoms with E-state index in [1.807, 2.05) is 6.07 Å². The minimum atomic E-state index is -1.01. The van der Waals surface area contributed by atoms with Gasteiger partial charge in [-0.2, -0.15) is 0 Å². The van der Waals surface area contributed by atoms with Gasteiger partial charge in [0.15, 0.2) is 0 Å². The lowest BCUT2D eigenvalue weighted by Crippen LogP contribution is -2.49. The zero-order valence-electron chi connectivity index (χ0n) is 11.6. The summed E-state index contributed by atoms with van der Waals surface area (Å²) in [6, 6.07) is 4.71. The Morgan fingerprint density at radius 2 is 1.95 bits per heavy atom. The SMILES string of the molecule is CC(C)(O)C(C)(C)O[B]c1cc(F)cc2[nH]ccc12. The van der Waals surface area contributed by atoms with Crippen LogP contribution in [0.3, 0.4) is 0 Å². The van der Waals surface area contributed by atoms with Gasteiger partial charge in [0.05, 0.1) is 11.2 Å². The lowest BCUT2D eigenvalue weighted by Gasteiger charge is -2.37. The Hall–Kier alpha value is -1.33. The van der Waals surface area contributed by atoms with Gasteiger partial charge in [-0.3, -0.25) is 0 Å². The molecule has 2 N–H and O–H groups in total. The highest BCUT2D eigenvalue weighted by molar-refractivity contribution is 6.51. The van der Waals surface area contributed by atoms with Gasteiger partial charge < -0.3 is 14.7 Å². The molecule has 5 heteroatoms. The number of aromatic nitrogens is 1. The molecule has 3 nitrogen and oxygen atoms in total. The van der Waals surface area contributed by atoms with Gasteiger partial charge in [-0.05, 0) is 56.7 Å². The molecule has 2 aromatic rings. The van der Waals surface area contributed by atoms with Gasteiger partial charge in [0, 0.05) is 11.7 Å². The molecule has 1 aromatic heterocycles. The number of benzene rings is 1. The molecular formula is C14H18BFNO2. The maximum absolute atomic E-state index is 13.5. The number of fused-ring (bicyclic) bond motifs is 1. The fourth-order valence-corrected chi connectivity index (χ4v) is 1.61. The molecule has 2 rings (SSSR count). The fourth-order valence-electron chi connectivity index (χ4n) is 1.61. The van der Waals surface area contributed by atoms with E-state index in [4.69, 9.17) is 4.65 Å². The Morgan fingerprint density at radius 1 is 1.26 bits per heavy atom. The number of halogens is 1. The van der Waals surface area contributed by atoms with Crippen LogP contribution in [0.1, 0.15) is 27.7 Å². The monoisotopic (exact) mass is 262 g/mol. The van der Waals surface area contributed by atoms with Crippen molar-refractivity contribution in [2.75, 3.05) is 0 Å². The first-order chi connectivity index (χ1) is 8.71. The summed E-state index contributed by atoms with van der Waals surface area (Å²) >= 11 is 0. The molecule has 0 aliphatic rings. The average molecular weight is 262 g/mol. The predicted molar refractivity (Wildman–Crippen MR) is 75.1 cm³/mol. The van der Waals surface area contributed by atoms with E-state index in [0.717, 1.165) is 10.9 Å². The van der Waals surface area contributed by atoms with Crippen molar-refractivity contribution in [3.8, 4) is 0 Å². The molecule has 0 aliphatic carbocycles. The maximum atomic E-state index is 13.5. The van der Waals surface area contributed by atoms with Crippen molar-refractivity contribution in [1.82, 2.24) is 4.98 Å². The first-order valence-electron chi connectivity index (χ1n) is 6.21. The van der Waals surface area contributed by atoms with Gasteiger partial charge in [-0.15, -0.1) is 0 Å². The fraction of sp³-hybridized carbons (Fsp3) is 0.429. The van der Waals surface area contributed by atoms with Gasteiger partial charge >= 0.3 is 7.48 Å². The summed E-state index contributed by atoms with van der Waals surface area (Å²) in [6.45, 7) is 6.94. The summed E-state index contributed by atoms with van der Waals surface area (Å²) in [4.78, 5) is 2.96. The molecule has 1 aromatic carbocycles. The van der Waals surface area contributed by atoms with E-state index in [1.54, 1.807) is 33.9 Å². The molecule has 1 heterocycles. The van der Waals surface area contributed by atoms with E-state index in [0.29, 0.717) is 5.46 Å². The molecule has 101 valence electrons. The molecular weight excluding hydrogens is 244 g/mol. The number of rotatable bonds is 4. The van der Waals surface area contributed by atoms with Gasteiger partial charge in [-0.1, -0.05) is 0 Å². The van der Waals surface area contributed by atoms with Crippen LogP contribution in [0.15, 0.2) is 24.4 Å². The number of hydrogen-bond acceptors (Lipinski definition) is 2. The molecule has 0 unspecified atom stereocenters. The summed E-state index contributed by atoms with van der Waals surface area (Å²) in [5.74, 6) is -0.328. The highest BCUT2D eigenvalue weighted by atomic mass is 19.1. The quantitative estimate of drug-likeness (QED) is 0.829. The Labute approximate surface area is 113 Å². The zero-order chi connectivity index (χ0) is 14.3. The van der Waals surface area contributed by atoms with E-state index in [-0.39, 0.29) is 5.82 Å². The maximum Gasteiger partial charge on any atom is 0.331 e. The van der Waals surface area contributed by atoms with Crippen LogP contribution < -0.4 is 5.46 Å². The van der Waals surface area contributed by atoms with Crippen LogP contribution in [-0.2, 0) is 4.65 Å². The first-order valence-corrected chi connectivity index (χ1v) is 6.21. The molecule has 0 aliphatic heterocycles. The number of H-pyrrole nitrogens is 1. The summed E-state index contributed by atoms with van der Waals surface area (Å²) in [6.07, 6.45) is 1.75. The topological polar surface area (TPSA) is 45.2 Å². The number of hydrogen-bond donors (Lipinski definition) is 2. The second-order valence-corrected chi connectivity index (χ2v) is 5.74. The highest BCUT2D eigenvalue weighted by Gasteiger charge is 2.35. The molecule has 19 heavy (non-hydrogen) atoms. The second-order valence-electron chi connectivity index (χ2n) is 5.74. The van der Waals surface area contributed by atoms with Crippen molar-refractivity contribution >= 4 is 23.8 Å².